The predicted molar refractivity (Wildman–Crippen MR) is 225 cm³/mol. The van der Waals surface area contributed by atoms with Gasteiger partial charge in [-0.3, -0.25) is 4.79 Å². The Kier molecular flexibility index (Phi) is 14.9. The van der Waals surface area contributed by atoms with E-state index in [0.29, 0.717) is 36.0 Å². The van der Waals surface area contributed by atoms with Crippen molar-refractivity contribution in [1.29, 1.82) is 0 Å². The highest BCUT2D eigenvalue weighted by Crippen LogP contribution is 2.77. The summed E-state index contributed by atoms with van der Waals surface area (Å²) in [5.74, 6) is 3.04. The molecule has 5 aliphatic carbocycles. The largest absolute Gasteiger partial charge is 0.462 e. The normalized spacial score (nSPS) is 40.1. The van der Waals surface area contributed by atoms with E-state index in [9.17, 15) is 9.90 Å². The SMILES string of the molecule is C=C(C)C1CCC2(C)C(O)CC3(C)C(CCC4C5(C)CCC(OC(=O)CCCCCCCCCCCCCCCCCCC)C(C)(C)C5CCC43C)C12. The third-order valence-corrected chi connectivity index (χ3v) is 18.3. The van der Waals surface area contributed by atoms with Crippen molar-refractivity contribution in [2.45, 2.75) is 241 Å². The van der Waals surface area contributed by atoms with Gasteiger partial charge in [0.15, 0.2) is 0 Å². The summed E-state index contributed by atoms with van der Waals surface area (Å²) in [5, 5.41) is 12.0. The summed E-state index contributed by atoms with van der Waals surface area (Å²) in [7, 11) is 0. The minimum absolute atomic E-state index is 0.0167. The number of fused-ring (bicyclic) bond motifs is 7. The molecule has 0 aromatic heterocycles. The number of esters is 1. The number of aliphatic hydroxyl groups excluding tert-OH is 1. The van der Waals surface area contributed by atoms with Crippen molar-refractivity contribution >= 4 is 5.97 Å². The number of allylic oxidation sites excluding steroid dienone is 1. The molecule has 11 atom stereocenters. The summed E-state index contributed by atoms with van der Waals surface area (Å²) >= 11 is 0. The first-order chi connectivity index (χ1) is 25.2. The third kappa shape index (κ3) is 8.71. The van der Waals surface area contributed by atoms with Crippen molar-refractivity contribution in [2.75, 3.05) is 0 Å². The zero-order chi connectivity index (χ0) is 38.5. The first kappa shape index (κ1) is 43.3. The van der Waals surface area contributed by atoms with E-state index in [-0.39, 0.29) is 45.3 Å². The summed E-state index contributed by atoms with van der Waals surface area (Å²) < 4.78 is 6.42. The van der Waals surface area contributed by atoms with Crippen LogP contribution in [0.2, 0.25) is 0 Å². The Labute approximate surface area is 329 Å². The van der Waals surface area contributed by atoms with Crippen LogP contribution in [0.5, 0.6) is 0 Å². The van der Waals surface area contributed by atoms with Gasteiger partial charge in [-0.05, 0) is 122 Å². The maximum Gasteiger partial charge on any atom is 0.306 e. The molecular formula is C50H88O3. The van der Waals surface area contributed by atoms with Crippen LogP contribution in [0.25, 0.3) is 0 Å². The molecule has 0 saturated heterocycles. The van der Waals surface area contributed by atoms with Crippen molar-refractivity contribution in [3.05, 3.63) is 12.2 Å². The maximum absolute atomic E-state index is 13.2. The van der Waals surface area contributed by atoms with Gasteiger partial charge in [-0.15, -0.1) is 0 Å². The van der Waals surface area contributed by atoms with Gasteiger partial charge in [0.05, 0.1) is 6.10 Å². The van der Waals surface area contributed by atoms with Gasteiger partial charge in [0, 0.05) is 11.8 Å². The molecule has 1 N–H and O–H groups in total. The van der Waals surface area contributed by atoms with Gasteiger partial charge >= 0.3 is 5.97 Å². The van der Waals surface area contributed by atoms with Gasteiger partial charge in [-0.2, -0.15) is 0 Å². The zero-order valence-corrected chi connectivity index (χ0v) is 36.6. The fraction of sp³-hybridized carbons (Fsp3) is 0.940. The van der Waals surface area contributed by atoms with E-state index in [1.807, 2.05) is 0 Å². The summed E-state index contributed by atoms with van der Waals surface area (Å²) in [6.45, 7) is 24.2. The van der Waals surface area contributed by atoms with Gasteiger partial charge in [0.25, 0.3) is 0 Å². The molecule has 0 aliphatic heterocycles. The summed E-state index contributed by atoms with van der Waals surface area (Å²) in [6, 6.07) is 0. The van der Waals surface area contributed by atoms with Gasteiger partial charge < -0.3 is 9.84 Å². The lowest BCUT2D eigenvalue weighted by atomic mass is 9.32. The minimum Gasteiger partial charge on any atom is -0.462 e. The molecule has 0 radical (unpaired) electrons. The Bertz CT molecular complexity index is 1190. The standard InChI is InChI=1S/C50H88O3/c1-10-11-12-13-14-15-16-17-18-19-20-21-22-23-24-25-26-27-44(52)53-43-32-34-47(6)40(46(43,4)5)31-35-49(8)41(47)29-28-39-45-38(37(2)3)30-33-48(45,7)42(51)36-50(39,49)9/h38-43,45,51H,2,10-36H2,1,3-9H3. The topological polar surface area (TPSA) is 46.5 Å². The minimum atomic E-state index is -0.218. The number of rotatable bonds is 20. The highest BCUT2D eigenvalue weighted by atomic mass is 16.5. The van der Waals surface area contributed by atoms with Crippen LogP contribution in [0.1, 0.15) is 229 Å². The van der Waals surface area contributed by atoms with E-state index in [4.69, 9.17) is 4.74 Å². The molecule has 0 aromatic rings. The number of unbranched alkanes of at least 4 members (excludes halogenated alkanes) is 16. The second-order valence-corrected chi connectivity index (χ2v) is 21.7. The lowest BCUT2D eigenvalue weighted by Crippen LogP contribution is -2.68. The van der Waals surface area contributed by atoms with Crippen molar-refractivity contribution in [1.82, 2.24) is 0 Å². The summed E-state index contributed by atoms with van der Waals surface area (Å²) in [4.78, 5) is 13.2. The van der Waals surface area contributed by atoms with Crippen molar-refractivity contribution in [3.8, 4) is 0 Å². The Balaban J connectivity index is 1.04. The summed E-state index contributed by atoms with van der Waals surface area (Å²) in [5.41, 5.74) is 1.98. The molecule has 5 aliphatic rings. The Hall–Kier alpha value is -0.830. The number of hydrogen-bond acceptors (Lipinski definition) is 3. The highest BCUT2D eigenvalue weighted by Gasteiger charge is 2.72. The number of hydrogen-bond donors (Lipinski definition) is 1. The van der Waals surface area contributed by atoms with Gasteiger partial charge in [0.2, 0.25) is 0 Å². The number of carbonyl (C=O) groups is 1. The van der Waals surface area contributed by atoms with Crippen molar-refractivity contribution < 1.29 is 14.6 Å². The third-order valence-electron chi connectivity index (χ3n) is 18.3. The van der Waals surface area contributed by atoms with Crippen molar-refractivity contribution in [3.63, 3.8) is 0 Å². The molecular weight excluding hydrogens is 649 g/mol. The fourth-order valence-corrected chi connectivity index (χ4v) is 14.9. The average Bonchev–Trinajstić information content (AvgIpc) is 3.47. The quantitative estimate of drug-likeness (QED) is 0.0769. The van der Waals surface area contributed by atoms with Crippen LogP contribution in [-0.4, -0.2) is 23.3 Å². The molecule has 11 unspecified atom stereocenters. The second kappa shape index (κ2) is 18.2. The predicted octanol–water partition coefficient (Wildman–Crippen LogP) is 14.6. The first-order valence-electron chi connectivity index (χ1n) is 23.7. The average molecular weight is 737 g/mol. The van der Waals surface area contributed by atoms with E-state index in [1.54, 1.807) is 0 Å². The number of ether oxygens (including phenoxy) is 1. The van der Waals surface area contributed by atoms with Gasteiger partial charge in [-0.25, -0.2) is 0 Å². The van der Waals surface area contributed by atoms with E-state index in [1.165, 1.54) is 134 Å². The summed E-state index contributed by atoms with van der Waals surface area (Å²) in [6.07, 6.45) is 34.0. The van der Waals surface area contributed by atoms with Crippen LogP contribution in [-0.2, 0) is 9.53 Å². The molecule has 0 heterocycles. The van der Waals surface area contributed by atoms with Crippen LogP contribution in [0, 0.1) is 56.7 Å². The molecule has 3 heteroatoms. The fourth-order valence-electron chi connectivity index (χ4n) is 14.9. The van der Waals surface area contributed by atoms with Crippen LogP contribution in [0.3, 0.4) is 0 Å². The van der Waals surface area contributed by atoms with E-state index < -0.39 is 0 Å². The molecule has 53 heavy (non-hydrogen) atoms. The van der Waals surface area contributed by atoms with E-state index >= 15 is 0 Å². The monoisotopic (exact) mass is 737 g/mol. The first-order valence-corrected chi connectivity index (χ1v) is 23.7. The zero-order valence-electron chi connectivity index (χ0n) is 36.6. The maximum atomic E-state index is 13.2. The molecule has 0 aromatic carbocycles. The Morgan fingerprint density at radius 2 is 1.17 bits per heavy atom. The molecule has 5 fully saturated rings. The number of aliphatic hydroxyl groups is 1. The lowest BCUT2D eigenvalue weighted by Gasteiger charge is -2.73. The van der Waals surface area contributed by atoms with E-state index in [2.05, 4.69) is 62.0 Å². The van der Waals surface area contributed by atoms with E-state index in [0.717, 1.165) is 38.5 Å². The van der Waals surface area contributed by atoms with Gasteiger partial charge in [0.1, 0.15) is 6.10 Å². The Morgan fingerprint density at radius 3 is 1.72 bits per heavy atom. The van der Waals surface area contributed by atoms with Crippen LogP contribution >= 0.6 is 0 Å². The smallest absolute Gasteiger partial charge is 0.306 e. The molecule has 0 spiro atoms. The Morgan fingerprint density at radius 1 is 0.642 bits per heavy atom. The highest BCUT2D eigenvalue weighted by molar-refractivity contribution is 5.69. The molecule has 0 bridgehead atoms. The van der Waals surface area contributed by atoms with Crippen LogP contribution in [0.4, 0.5) is 0 Å². The molecule has 3 nitrogen and oxygen atoms in total. The lowest BCUT2D eigenvalue weighted by molar-refractivity contribution is -0.262. The number of carbonyl (C=O) groups excluding carboxylic acids is 1. The van der Waals surface area contributed by atoms with Crippen LogP contribution in [0.15, 0.2) is 12.2 Å². The van der Waals surface area contributed by atoms with Gasteiger partial charge in [-0.1, -0.05) is 163 Å². The van der Waals surface area contributed by atoms with Crippen molar-refractivity contribution in [2.24, 2.45) is 56.7 Å². The molecule has 0 amide bonds. The molecule has 5 saturated carbocycles. The molecule has 5 rings (SSSR count). The van der Waals surface area contributed by atoms with Crippen LogP contribution < -0.4 is 0 Å². The molecule has 306 valence electrons. The second-order valence-electron chi connectivity index (χ2n) is 21.7.